The Morgan fingerprint density at radius 3 is 2.58 bits per heavy atom. The standard InChI is InChI=1S/C17H16FN3O3S2/c18-12-1-3-14(4-2-12)26(22,23)21-8-5-13(6-9-21)24-17-16-15(7-10-25-16)19-11-20-17/h1-4,7,10-11,13H,5-6,8-9H2. The van der Waals surface area contributed by atoms with Gasteiger partial charge in [-0.15, -0.1) is 11.3 Å². The Morgan fingerprint density at radius 1 is 1.12 bits per heavy atom. The van der Waals surface area contributed by atoms with E-state index < -0.39 is 15.8 Å². The molecule has 1 saturated heterocycles. The molecule has 2 aromatic heterocycles. The first-order chi connectivity index (χ1) is 12.5. The first-order valence-corrected chi connectivity index (χ1v) is 10.5. The van der Waals surface area contributed by atoms with Gasteiger partial charge >= 0.3 is 0 Å². The summed E-state index contributed by atoms with van der Waals surface area (Å²) < 4.78 is 46.6. The molecule has 0 unspecified atom stereocenters. The number of fused-ring (bicyclic) bond motifs is 1. The number of sulfonamides is 1. The summed E-state index contributed by atoms with van der Waals surface area (Å²) in [6.45, 7) is 0.700. The lowest BCUT2D eigenvalue weighted by atomic mass is 10.1. The predicted molar refractivity (Wildman–Crippen MR) is 96.2 cm³/mol. The van der Waals surface area contributed by atoms with Crippen molar-refractivity contribution in [1.82, 2.24) is 14.3 Å². The van der Waals surface area contributed by atoms with Crippen molar-refractivity contribution in [1.29, 1.82) is 0 Å². The minimum absolute atomic E-state index is 0.102. The van der Waals surface area contributed by atoms with Crippen LogP contribution in [0.25, 0.3) is 10.2 Å². The maximum atomic E-state index is 13.0. The van der Waals surface area contributed by atoms with E-state index in [1.165, 1.54) is 34.1 Å². The second kappa shape index (κ2) is 6.90. The van der Waals surface area contributed by atoms with Gasteiger partial charge in [-0.25, -0.2) is 22.8 Å². The van der Waals surface area contributed by atoms with Gasteiger partial charge in [0, 0.05) is 13.1 Å². The van der Waals surface area contributed by atoms with E-state index in [0.717, 1.165) is 22.3 Å². The molecular weight excluding hydrogens is 377 g/mol. The molecule has 0 saturated carbocycles. The smallest absolute Gasteiger partial charge is 0.243 e. The van der Waals surface area contributed by atoms with E-state index in [4.69, 9.17) is 4.74 Å². The topological polar surface area (TPSA) is 72.4 Å². The second-order valence-electron chi connectivity index (χ2n) is 5.99. The van der Waals surface area contributed by atoms with Crippen LogP contribution in [-0.2, 0) is 10.0 Å². The number of hydrogen-bond donors (Lipinski definition) is 0. The molecule has 6 nitrogen and oxygen atoms in total. The molecule has 1 fully saturated rings. The van der Waals surface area contributed by atoms with Gasteiger partial charge in [-0.2, -0.15) is 4.31 Å². The van der Waals surface area contributed by atoms with Crippen molar-refractivity contribution in [2.24, 2.45) is 0 Å². The number of thiophene rings is 1. The Hall–Kier alpha value is -2.10. The van der Waals surface area contributed by atoms with Gasteiger partial charge in [-0.05, 0) is 48.6 Å². The van der Waals surface area contributed by atoms with Gasteiger partial charge in [0.05, 0.1) is 10.4 Å². The first-order valence-electron chi connectivity index (χ1n) is 8.14. The van der Waals surface area contributed by atoms with E-state index in [1.54, 1.807) is 0 Å². The van der Waals surface area contributed by atoms with Gasteiger partial charge in [0.15, 0.2) is 0 Å². The molecule has 3 aromatic rings. The van der Waals surface area contributed by atoms with Crippen molar-refractivity contribution in [3.63, 3.8) is 0 Å². The molecule has 1 aliphatic heterocycles. The van der Waals surface area contributed by atoms with Crippen molar-refractivity contribution in [2.75, 3.05) is 13.1 Å². The molecule has 4 rings (SSSR count). The average Bonchev–Trinajstić information content (AvgIpc) is 3.12. The van der Waals surface area contributed by atoms with Crippen LogP contribution in [-0.4, -0.2) is 41.9 Å². The molecule has 136 valence electrons. The number of piperidine rings is 1. The minimum atomic E-state index is -3.61. The highest BCUT2D eigenvalue weighted by Crippen LogP contribution is 2.29. The highest BCUT2D eigenvalue weighted by molar-refractivity contribution is 7.89. The van der Waals surface area contributed by atoms with Gasteiger partial charge in [0.2, 0.25) is 15.9 Å². The number of ether oxygens (including phenoxy) is 1. The van der Waals surface area contributed by atoms with Crippen molar-refractivity contribution < 1.29 is 17.5 Å². The van der Waals surface area contributed by atoms with E-state index in [0.29, 0.717) is 31.8 Å². The van der Waals surface area contributed by atoms with Crippen molar-refractivity contribution in [3.05, 3.63) is 47.9 Å². The summed E-state index contributed by atoms with van der Waals surface area (Å²) in [7, 11) is -3.61. The molecule has 0 radical (unpaired) electrons. The lowest BCUT2D eigenvalue weighted by Gasteiger charge is -2.31. The molecular formula is C17H16FN3O3S2. The van der Waals surface area contributed by atoms with Crippen molar-refractivity contribution in [2.45, 2.75) is 23.8 Å². The van der Waals surface area contributed by atoms with Gasteiger partial charge in [-0.3, -0.25) is 0 Å². The maximum absolute atomic E-state index is 13.0. The van der Waals surface area contributed by atoms with Crippen LogP contribution in [0.15, 0.2) is 46.9 Å². The third kappa shape index (κ3) is 3.29. The van der Waals surface area contributed by atoms with Gasteiger partial charge in [0.25, 0.3) is 0 Å². The second-order valence-corrected chi connectivity index (χ2v) is 8.84. The summed E-state index contributed by atoms with van der Waals surface area (Å²) in [4.78, 5) is 8.50. The predicted octanol–water partition coefficient (Wildman–Crippen LogP) is 3.06. The fraction of sp³-hybridized carbons (Fsp3) is 0.294. The Bertz CT molecular complexity index is 1010. The molecule has 0 bridgehead atoms. The van der Waals surface area contributed by atoms with Gasteiger partial charge < -0.3 is 4.74 Å². The number of rotatable bonds is 4. The highest BCUT2D eigenvalue weighted by Gasteiger charge is 2.30. The van der Waals surface area contributed by atoms with Crippen LogP contribution in [0.2, 0.25) is 0 Å². The quantitative estimate of drug-likeness (QED) is 0.681. The van der Waals surface area contributed by atoms with E-state index in [1.807, 2.05) is 11.4 Å². The molecule has 3 heterocycles. The SMILES string of the molecule is O=S(=O)(c1ccc(F)cc1)N1CCC(Oc2ncnc3ccsc23)CC1. The summed E-state index contributed by atoms with van der Waals surface area (Å²) in [5, 5.41) is 1.93. The first kappa shape index (κ1) is 17.3. The zero-order valence-corrected chi connectivity index (χ0v) is 15.3. The maximum Gasteiger partial charge on any atom is 0.243 e. The summed E-state index contributed by atoms with van der Waals surface area (Å²) >= 11 is 1.52. The number of halogens is 1. The van der Waals surface area contributed by atoms with E-state index in [2.05, 4.69) is 9.97 Å². The Balaban J connectivity index is 1.44. The van der Waals surface area contributed by atoms with Crippen LogP contribution in [0.3, 0.4) is 0 Å². The molecule has 0 N–H and O–H groups in total. The van der Waals surface area contributed by atoms with Crippen LogP contribution in [0.5, 0.6) is 5.88 Å². The number of nitrogens with zero attached hydrogens (tertiary/aromatic N) is 3. The fourth-order valence-electron chi connectivity index (χ4n) is 2.95. The minimum Gasteiger partial charge on any atom is -0.473 e. The molecule has 9 heteroatoms. The van der Waals surface area contributed by atoms with Crippen LogP contribution in [0, 0.1) is 5.82 Å². The molecule has 1 aliphatic rings. The van der Waals surface area contributed by atoms with Crippen LogP contribution in [0.4, 0.5) is 4.39 Å². The van der Waals surface area contributed by atoms with E-state index in [9.17, 15) is 12.8 Å². The zero-order chi connectivity index (χ0) is 18.1. The molecule has 0 aliphatic carbocycles. The third-order valence-corrected chi connectivity index (χ3v) is 7.15. The van der Waals surface area contributed by atoms with Crippen molar-refractivity contribution >= 4 is 31.6 Å². The number of aromatic nitrogens is 2. The van der Waals surface area contributed by atoms with Crippen LogP contribution in [0.1, 0.15) is 12.8 Å². The van der Waals surface area contributed by atoms with E-state index in [-0.39, 0.29) is 11.0 Å². The molecule has 0 spiro atoms. The summed E-state index contributed by atoms with van der Waals surface area (Å²) in [6.07, 6.45) is 2.50. The fourth-order valence-corrected chi connectivity index (χ4v) is 5.20. The van der Waals surface area contributed by atoms with Gasteiger partial charge in [0.1, 0.15) is 22.9 Å². The molecule has 26 heavy (non-hydrogen) atoms. The molecule has 1 aromatic carbocycles. The normalized spacial score (nSPS) is 16.8. The van der Waals surface area contributed by atoms with Crippen LogP contribution < -0.4 is 4.74 Å². The largest absolute Gasteiger partial charge is 0.473 e. The number of hydrogen-bond acceptors (Lipinski definition) is 6. The Morgan fingerprint density at radius 2 is 1.85 bits per heavy atom. The van der Waals surface area contributed by atoms with E-state index >= 15 is 0 Å². The summed E-state index contributed by atoms with van der Waals surface area (Å²) in [5.41, 5.74) is 0.844. The third-order valence-electron chi connectivity index (χ3n) is 4.34. The summed E-state index contributed by atoms with van der Waals surface area (Å²) in [6, 6.07) is 6.81. The van der Waals surface area contributed by atoms with Gasteiger partial charge in [-0.1, -0.05) is 0 Å². The lowest BCUT2D eigenvalue weighted by molar-refractivity contribution is 0.132. The zero-order valence-electron chi connectivity index (χ0n) is 13.7. The lowest BCUT2D eigenvalue weighted by Crippen LogP contribution is -2.41. The van der Waals surface area contributed by atoms with Crippen LogP contribution >= 0.6 is 11.3 Å². The highest BCUT2D eigenvalue weighted by atomic mass is 32.2. The van der Waals surface area contributed by atoms with Crippen molar-refractivity contribution in [3.8, 4) is 5.88 Å². The Kier molecular flexibility index (Phi) is 4.60. The number of benzene rings is 1. The monoisotopic (exact) mass is 393 g/mol. The molecule has 0 atom stereocenters. The molecule has 0 amide bonds. The Labute approximate surface area is 154 Å². The average molecular weight is 393 g/mol. The summed E-state index contributed by atoms with van der Waals surface area (Å²) in [5.74, 6) is 0.0886.